The molecule has 26 heavy (non-hydrogen) atoms. The predicted octanol–water partition coefficient (Wildman–Crippen LogP) is 3.96. The average molecular weight is 344 g/mol. The van der Waals surface area contributed by atoms with Gasteiger partial charge in [0.15, 0.2) is 0 Å². The average Bonchev–Trinajstić information content (AvgIpc) is 2.69. The van der Waals surface area contributed by atoms with E-state index in [9.17, 15) is 4.79 Å². The van der Waals surface area contributed by atoms with E-state index >= 15 is 0 Å². The highest BCUT2D eigenvalue weighted by molar-refractivity contribution is 6.04. The zero-order chi connectivity index (χ0) is 18.4. The summed E-state index contributed by atoms with van der Waals surface area (Å²) in [6, 6.07) is 17.9. The van der Waals surface area contributed by atoms with Gasteiger partial charge in [0.1, 0.15) is 5.75 Å². The summed E-state index contributed by atoms with van der Waals surface area (Å²) in [5.74, 6) is 0.395. The van der Waals surface area contributed by atoms with E-state index < -0.39 is 0 Å². The summed E-state index contributed by atoms with van der Waals surface area (Å²) in [7, 11) is 1.57. The summed E-state index contributed by atoms with van der Waals surface area (Å²) >= 11 is 0. The molecule has 2 N–H and O–H groups in total. The molecule has 0 unspecified atom stereocenters. The van der Waals surface area contributed by atoms with Crippen LogP contribution in [0.15, 0.2) is 67.0 Å². The maximum atomic E-state index is 12.4. The molecule has 0 radical (unpaired) electrons. The van der Waals surface area contributed by atoms with E-state index in [4.69, 9.17) is 10.00 Å². The molecule has 3 aromatic rings. The molecule has 0 bridgehead atoms. The molecular weight excluding hydrogens is 328 g/mol. The molecule has 6 heteroatoms. The summed E-state index contributed by atoms with van der Waals surface area (Å²) in [4.78, 5) is 16.6. The topological polar surface area (TPSA) is 87.0 Å². The fourth-order valence-corrected chi connectivity index (χ4v) is 2.33. The number of benzene rings is 2. The lowest BCUT2D eigenvalue weighted by atomic mass is 10.2. The second kappa shape index (κ2) is 7.81. The number of methoxy groups -OCH3 is 1. The largest absolute Gasteiger partial charge is 0.497 e. The predicted molar refractivity (Wildman–Crippen MR) is 99.6 cm³/mol. The molecule has 0 aliphatic carbocycles. The van der Waals surface area contributed by atoms with Crippen molar-refractivity contribution >= 4 is 23.0 Å². The summed E-state index contributed by atoms with van der Waals surface area (Å²) in [6.07, 6.45) is 3.12. The molecule has 6 nitrogen and oxygen atoms in total. The van der Waals surface area contributed by atoms with Crippen molar-refractivity contribution in [2.45, 2.75) is 0 Å². The SMILES string of the molecule is COc1cccc(NC(=O)c2cncc(Nc3ccc(C#N)cc3)c2)c1. The Labute approximate surface area is 151 Å². The van der Waals surface area contributed by atoms with Crippen LogP contribution in [-0.2, 0) is 0 Å². The lowest BCUT2D eigenvalue weighted by Crippen LogP contribution is -2.12. The summed E-state index contributed by atoms with van der Waals surface area (Å²) in [5.41, 5.74) is 3.12. The van der Waals surface area contributed by atoms with Gasteiger partial charge in [-0.15, -0.1) is 0 Å². The molecule has 0 aliphatic heterocycles. The van der Waals surface area contributed by atoms with Gasteiger partial charge in [0.25, 0.3) is 5.91 Å². The normalized spacial score (nSPS) is 9.85. The molecule has 1 heterocycles. The third kappa shape index (κ3) is 4.16. The van der Waals surface area contributed by atoms with E-state index in [1.54, 1.807) is 67.9 Å². The van der Waals surface area contributed by atoms with Crippen LogP contribution in [0, 0.1) is 11.3 Å². The molecule has 0 saturated heterocycles. The van der Waals surface area contributed by atoms with E-state index in [1.165, 1.54) is 6.20 Å². The van der Waals surface area contributed by atoms with Crippen LogP contribution in [0.1, 0.15) is 15.9 Å². The molecule has 0 saturated carbocycles. The van der Waals surface area contributed by atoms with E-state index in [1.807, 2.05) is 0 Å². The molecular formula is C20H16N4O2. The van der Waals surface area contributed by atoms with E-state index in [0.29, 0.717) is 28.3 Å². The van der Waals surface area contributed by atoms with Crippen molar-refractivity contribution < 1.29 is 9.53 Å². The number of hydrogen-bond donors (Lipinski definition) is 2. The maximum Gasteiger partial charge on any atom is 0.257 e. The summed E-state index contributed by atoms with van der Waals surface area (Å²) < 4.78 is 5.15. The zero-order valence-corrected chi connectivity index (χ0v) is 14.1. The molecule has 0 spiro atoms. The highest BCUT2D eigenvalue weighted by Gasteiger charge is 2.08. The van der Waals surface area contributed by atoms with Crippen LogP contribution in [0.4, 0.5) is 17.1 Å². The van der Waals surface area contributed by atoms with Crippen LogP contribution in [0.2, 0.25) is 0 Å². The Bertz CT molecular complexity index is 962. The summed E-state index contributed by atoms with van der Waals surface area (Å²) in [6.45, 7) is 0. The maximum absolute atomic E-state index is 12.4. The molecule has 1 aromatic heterocycles. The number of anilines is 3. The van der Waals surface area contributed by atoms with Crippen LogP contribution in [0.25, 0.3) is 0 Å². The van der Waals surface area contributed by atoms with E-state index in [-0.39, 0.29) is 5.91 Å². The van der Waals surface area contributed by atoms with Crippen molar-refractivity contribution in [2.24, 2.45) is 0 Å². The third-order valence-electron chi connectivity index (χ3n) is 3.63. The van der Waals surface area contributed by atoms with Gasteiger partial charge in [-0.2, -0.15) is 5.26 Å². The number of nitriles is 1. The van der Waals surface area contributed by atoms with Gasteiger partial charge >= 0.3 is 0 Å². The molecule has 128 valence electrons. The van der Waals surface area contributed by atoms with Crippen molar-refractivity contribution in [2.75, 3.05) is 17.7 Å². The van der Waals surface area contributed by atoms with Gasteiger partial charge in [-0.25, -0.2) is 0 Å². The van der Waals surface area contributed by atoms with Crippen molar-refractivity contribution in [1.29, 1.82) is 5.26 Å². The number of pyridine rings is 1. The Morgan fingerprint density at radius 1 is 1.04 bits per heavy atom. The fourth-order valence-electron chi connectivity index (χ4n) is 2.33. The Kier molecular flexibility index (Phi) is 5.11. The number of amides is 1. The Balaban J connectivity index is 1.73. The number of carbonyl (C=O) groups excluding carboxylic acids is 1. The van der Waals surface area contributed by atoms with Crippen molar-refractivity contribution in [3.63, 3.8) is 0 Å². The van der Waals surface area contributed by atoms with Gasteiger partial charge < -0.3 is 15.4 Å². The number of hydrogen-bond acceptors (Lipinski definition) is 5. The first kappa shape index (κ1) is 17.0. The molecule has 0 aliphatic rings. The summed E-state index contributed by atoms with van der Waals surface area (Å²) in [5, 5.41) is 14.8. The van der Waals surface area contributed by atoms with Crippen LogP contribution in [0.3, 0.4) is 0 Å². The van der Waals surface area contributed by atoms with Crippen molar-refractivity contribution in [3.05, 3.63) is 78.1 Å². The number of rotatable bonds is 5. The number of aromatic nitrogens is 1. The molecule has 1 amide bonds. The minimum Gasteiger partial charge on any atom is -0.497 e. The van der Waals surface area contributed by atoms with Crippen molar-refractivity contribution in [3.8, 4) is 11.8 Å². The lowest BCUT2D eigenvalue weighted by molar-refractivity contribution is 0.102. The van der Waals surface area contributed by atoms with Crippen molar-refractivity contribution in [1.82, 2.24) is 4.98 Å². The minimum absolute atomic E-state index is 0.269. The number of nitrogens with zero attached hydrogens (tertiary/aromatic N) is 2. The van der Waals surface area contributed by atoms with Crippen LogP contribution >= 0.6 is 0 Å². The van der Waals surface area contributed by atoms with Gasteiger partial charge in [-0.1, -0.05) is 6.07 Å². The van der Waals surface area contributed by atoms with E-state index in [2.05, 4.69) is 21.7 Å². The van der Waals surface area contributed by atoms with Crippen LogP contribution in [-0.4, -0.2) is 18.0 Å². The van der Waals surface area contributed by atoms with Gasteiger partial charge in [-0.3, -0.25) is 9.78 Å². The first-order valence-corrected chi connectivity index (χ1v) is 7.85. The second-order valence-corrected chi connectivity index (χ2v) is 5.46. The molecule has 0 fully saturated rings. The third-order valence-corrected chi connectivity index (χ3v) is 3.63. The molecule has 0 atom stereocenters. The zero-order valence-electron chi connectivity index (χ0n) is 14.1. The fraction of sp³-hybridized carbons (Fsp3) is 0.0500. The lowest BCUT2D eigenvalue weighted by Gasteiger charge is -2.09. The second-order valence-electron chi connectivity index (χ2n) is 5.46. The van der Waals surface area contributed by atoms with E-state index in [0.717, 1.165) is 5.69 Å². The number of carbonyl (C=O) groups is 1. The minimum atomic E-state index is -0.269. The smallest absolute Gasteiger partial charge is 0.257 e. The highest BCUT2D eigenvalue weighted by atomic mass is 16.5. The standard InChI is InChI=1S/C20H16N4O2/c1-26-19-4-2-3-17(10-19)24-20(25)15-9-18(13-22-12-15)23-16-7-5-14(11-21)6-8-16/h2-10,12-13,23H,1H3,(H,24,25). The number of ether oxygens (including phenoxy) is 1. The monoisotopic (exact) mass is 344 g/mol. The van der Waals surface area contributed by atoms with Crippen LogP contribution in [0.5, 0.6) is 5.75 Å². The van der Waals surface area contributed by atoms with Gasteiger partial charge in [0.05, 0.1) is 36.2 Å². The first-order valence-electron chi connectivity index (χ1n) is 7.85. The Morgan fingerprint density at radius 2 is 1.85 bits per heavy atom. The highest BCUT2D eigenvalue weighted by Crippen LogP contribution is 2.20. The number of nitrogens with one attached hydrogen (secondary N) is 2. The Morgan fingerprint density at radius 3 is 2.58 bits per heavy atom. The van der Waals surface area contributed by atoms with Gasteiger partial charge in [0.2, 0.25) is 0 Å². The molecule has 3 rings (SSSR count). The first-order chi connectivity index (χ1) is 12.7. The molecule has 2 aromatic carbocycles. The van der Waals surface area contributed by atoms with Gasteiger partial charge in [-0.05, 0) is 42.5 Å². The Hall–Kier alpha value is -3.85. The van der Waals surface area contributed by atoms with Crippen LogP contribution < -0.4 is 15.4 Å². The van der Waals surface area contributed by atoms with Gasteiger partial charge in [0, 0.05) is 23.6 Å². The quantitative estimate of drug-likeness (QED) is 0.731.